The molecule has 2 N–H and O–H groups in total. The van der Waals surface area contributed by atoms with Crippen LogP contribution in [0.4, 0.5) is 0 Å². The van der Waals surface area contributed by atoms with Crippen molar-refractivity contribution in [1.82, 2.24) is 20.3 Å². The molecule has 0 bridgehead atoms. The molecule has 0 aliphatic heterocycles. The van der Waals surface area contributed by atoms with Gasteiger partial charge in [0, 0.05) is 23.7 Å². The summed E-state index contributed by atoms with van der Waals surface area (Å²) in [5, 5.41) is 6.12. The number of aryl methyl sites for hydroxylation is 1. The van der Waals surface area contributed by atoms with Gasteiger partial charge in [-0.05, 0) is 13.5 Å². The Morgan fingerprint density at radius 2 is 2.28 bits per heavy atom. The van der Waals surface area contributed by atoms with Crippen LogP contribution in [0.15, 0.2) is 16.2 Å². The summed E-state index contributed by atoms with van der Waals surface area (Å²) >= 11 is 1.59. The van der Waals surface area contributed by atoms with Crippen LogP contribution in [0.25, 0.3) is 0 Å². The Kier molecular flexibility index (Phi) is 4.22. The first-order valence-corrected chi connectivity index (χ1v) is 6.76. The quantitative estimate of drug-likeness (QED) is 0.852. The molecule has 2 rings (SSSR count). The van der Waals surface area contributed by atoms with E-state index in [1.54, 1.807) is 11.3 Å². The predicted octanol–water partition coefficient (Wildman–Crippen LogP) is 1.24. The first kappa shape index (κ1) is 12.9. The average molecular weight is 264 g/mol. The molecule has 2 aromatic heterocycles. The highest BCUT2D eigenvalue weighted by atomic mass is 32.1. The molecule has 0 unspecified atom stereocenters. The molecule has 5 nitrogen and oxygen atoms in total. The molecule has 6 heteroatoms. The zero-order valence-corrected chi connectivity index (χ0v) is 11.3. The van der Waals surface area contributed by atoms with Gasteiger partial charge in [0.15, 0.2) is 0 Å². The van der Waals surface area contributed by atoms with E-state index in [4.69, 9.17) is 0 Å². The lowest BCUT2D eigenvalue weighted by atomic mass is 10.3. The van der Waals surface area contributed by atoms with E-state index < -0.39 is 0 Å². The Morgan fingerprint density at radius 3 is 2.94 bits per heavy atom. The second-order valence-electron chi connectivity index (χ2n) is 4.02. The second-order valence-corrected chi connectivity index (χ2v) is 4.97. The number of nitrogens with one attached hydrogen (secondary N) is 2. The van der Waals surface area contributed by atoms with E-state index in [0.29, 0.717) is 18.8 Å². The van der Waals surface area contributed by atoms with E-state index in [1.807, 2.05) is 19.2 Å². The van der Waals surface area contributed by atoms with Crippen molar-refractivity contribution >= 4 is 11.3 Å². The van der Waals surface area contributed by atoms with E-state index in [9.17, 15) is 4.79 Å². The zero-order valence-electron chi connectivity index (χ0n) is 10.5. The number of aromatic nitrogens is 3. The summed E-state index contributed by atoms with van der Waals surface area (Å²) in [6, 6.07) is 1.53. The summed E-state index contributed by atoms with van der Waals surface area (Å²) in [5.41, 5.74) is 1.66. The number of hydrogen-bond donors (Lipinski definition) is 2. The third kappa shape index (κ3) is 3.48. The minimum atomic E-state index is -0.110. The zero-order chi connectivity index (χ0) is 13.0. The van der Waals surface area contributed by atoms with Crippen LogP contribution in [0.5, 0.6) is 0 Å². The van der Waals surface area contributed by atoms with Gasteiger partial charge in [-0.3, -0.25) is 4.79 Å². The summed E-state index contributed by atoms with van der Waals surface area (Å²) in [5.74, 6) is 0.671. The molecular weight excluding hydrogens is 248 g/mol. The van der Waals surface area contributed by atoms with Gasteiger partial charge in [-0.2, -0.15) is 0 Å². The van der Waals surface area contributed by atoms with Crippen LogP contribution in [0.2, 0.25) is 0 Å². The van der Waals surface area contributed by atoms with E-state index in [1.165, 1.54) is 6.07 Å². The van der Waals surface area contributed by atoms with Gasteiger partial charge >= 0.3 is 0 Å². The van der Waals surface area contributed by atoms with Crippen LogP contribution < -0.4 is 10.9 Å². The maximum Gasteiger partial charge on any atom is 0.251 e. The molecule has 0 amide bonds. The molecule has 2 aromatic rings. The Hall–Kier alpha value is -1.53. The fraction of sp³-hybridized carbons (Fsp3) is 0.417. The van der Waals surface area contributed by atoms with Crippen LogP contribution in [0.1, 0.15) is 29.1 Å². The van der Waals surface area contributed by atoms with E-state index >= 15 is 0 Å². The van der Waals surface area contributed by atoms with E-state index in [2.05, 4.69) is 20.3 Å². The molecule has 18 heavy (non-hydrogen) atoms. The maximum atomic E-state index is 11.5. The lowest BCUT2D eigenvalue weighted by Gasteiger charge is -2.03. The summed E-state index contributed by atoms with van der Waals surface area (Å²) in [4.78, 5) is 23.1. The lowest BCUT2D eigenvalue weighted by molar-refractivity contribution is 0.700. The molecule has 0 saturated heterocycles. The molecule has 0 aliphatic carbocycles. The normalized spacial score (nSPS) is 10.8. The van der Waals surface area contributed by atoms with Crippen molar-refractivity contribution in [3.8, 4) is 0 Å². The van der Waals surface area contributed by atoms with Crippen molar-refractivity contribution in [2.45, 2.75) is 26.8 Å². The second kappa shape index (κ2) is 5.88. The molecule has 0 aromatic carbocycles. The lowest BCUT2D eigenvalue weighted by Crippen LogP contribution is -2.18. The van der Waals surface area contributed by atoms with E-state index in [0.717, 1.165) is 22.9 Å². The van der Waals surface area contributed by atoms with Crippen molar-refractivity contribution in [2.75, 3.05) is 6.54 Å². The average Bonchev–Trinajstić information content (AvgIpc) is 2.71. The Bertz CT molecular complexity index is 575. The molecule has 0 radical (unpaired) electrons. The molecule has 0 fully saturated rings. The van der Waals surface area contributed by atoms with Gasteiger partial charge in [-0.15, -0.1) is 11.3 Å². The molecule has 0 aliphatic rings. The number of rotatable bonds is 5. The SMILES string of the molecule is CCNCc1cc(=O)[nH]c(Cc2nc(C)cs2)n1. The molecule has 96 valence electrons. The van der Waals surface area contributed by atoms with Crippen molar-refractivity contribution < 1.29 is 0 Å². The number of H-pyrrole nitrogens is 1. The van der Waals surface area contributed by atoms with Crippen molar-refractivity contribution in [1.29, 1.82) is 0 Å². The largest absolute Gasteiger partial charge is 0.311 e. The Morgan fingerprint density at radius 1 is 1.44 bits per heavy atom. The third-order valence-corrected chi connectivity index (χ3v) is 3.35. The predicted molar refractivity (Wildman–Crippen MR) is 71.9 cm³/mol. The first-order valence-electron chi connectivity index (χ1n) is 5.88. The van der Waals surface area contributed by atoms with Crippen LogP contribution >= 0.6 is 11.3 Å². The highest BCUT2D eigenvalue weighted by molar-refractivity contribution is 7.09. The number of hydrogen-bond acceptors (Lipinski definition) is 5. The third-order valence-electron chi connectivity index (χ3n) is 2.39. The summed E-state index contributed by atoms with van der Waals surface area (Å²) in [6.45, 7) is 5.45. The van der Waals surface area contributed by atoms with Gasteiger partial charge < -0.3 is 10.3 Å². The number of nitrogens with zero attached hydrogens (tertiary/aromatic N) is 2. The Balaban J connectivity index is 2.17. The molecule has 0 saturated carbocycles. The number of thiazole rings is 1. The van der Waals surface area contributed by atoms with E-state index in [-0.39, 0.29) is 5.56 Å². The van der Waals surface area contributed by atoms with Crippen molar-refractivity contribution in [2.24, 2.45) is 0 Å². The number of aromatic amines is 1. The van der Waals surface area contributed by atoms with Crippen LogP contribution in [-0.4, -0.2) is 21.5 Å². The topological polar surface area (TPSA) is 70.7 Å². The molecule has 0 atom stereocenters. The van der Waals surface area contributed by atoms with Gasteiger partial charge in [-0.1, -0.05) is 6.92 Å². The minimum Gasteiger partial charge on any atom is -0.311 e. The highest BCUT2D eigenvalue weighted by Gasteiger charge is 2.05. The summed E-state index contributed by atoms with van der Waals surface area (Å²) < 4.78 is 0. The van der Waals surface area contributed by atoms with Crippen molar-refractivity contribution in [3.05, 3.63) is 44.0 Å². The molecule has 2 heterocycles. The molecule has 0 spiro atoms. The monoisotopic (exact) mass is 264 g/mol. The van der Waals surface area contributed by atoms with Crippen molar-refractivity contribution in [3.63, 3.8) is 0 Å². The van der Waals surface area contributed by atoms with Crippen LogP contribution in [0, 0.1) is 6.92 Å². The highest BCUT2D eigenvalue weighted by Crippen LogP contribution is 2.11. The van der Waals surface area contributed by atoms with Gasteiger partial charge in [-0.25, -0.2) is 9.97 Å². The fourth-order valence-electron chi connectivity index (χ4n) is 1.62. The smallest absolute Gasteiger partial charge is 0.251 e. The van der Waals surface area contributed by atoms with Gasteiger partial charge in [0.2, 0.25) is 0 Å². The van der Waals surface area contributed by atoms with Crippen LogP contribution in [0.3, 0.4) is 0 Å². The maximum absolute atomic E-state index is 11.5. The van der Waals surface area contributed by atoms with Gasteiger partial charge in [0.1, 0.15) is 10.8 Å². The van der Waals surface area contributed by atoms with Gasteiger partial charge in [0.25, 0.3) is 5.56 Å². The summed E-state index contributed by atoms with van der Waals surface area (Å²) in [6.07, 6.45) is 0.577. The fourth-order valence-corrected chi connectivity index (χ4v) is 2.39. The minimum absolute atomic E-state index is 0.110. The first-order chi connectivity index (χ1) is 8.67. The summed E-state index contributed by atoms with van der Waals surface area (Å²) in [7, 11) is 0. The van der Waals surface area contributed by atoms with Gasteiger partial charge in [0.05, 0.1) is 12.1 Å². The Labute approximate surface area is 109 Å². The van der Waals surface area contributed by atoms with Crippen LogP contribution in [-0.2, 0) is 13.0 Å². The molecular formula is C12H16N4OS. The standard InChI is InChI=1S/C12H16N4OS/c1-3-13-6-9-4-11(17)16-10(15-9)5-12-14-8(2)7-18-12/h4,7,13H,3,5-6H2,1-2H3,(H,15,16,17).